The van der Waals surface area contributed by atoms with E-state index in [1.807, 2.05) is 0 Å². The Morgan fingerprint density at radius 1 is 1.33 bits per heavy atom. The van der Waals surface area contributed by atoms with Crippen LogP contribution in [0.4, 0.5) is 0 Å². The van der Waals surface area contributed by atoms with E-state index in [4.69, 9.17) is 23.2 Å². The van der Waals surface area contributed by atoms with Gasteiger partial charge in [0.15, 0.2) is 0 Å². The van der Waals surface area contributed by atoms with E-state index in [9.17, 15) is 0 Å². The molecule has 0 aliphatic carbocycles. The molecule has 66 valence electrons. The third-order valence-corrected chi connectivity index (χ3v) is 2.60. The molecule has 0 radical (unpaired) electrons. The van der Waals surface area contributed by atoms with Crippen LogP contribution in [0.2, 0.25) is 10.0 Å². The fourth-order valence-electron chi connectivity index (χ4n) is 1.10. The van der Waals surface area contributed by atoms with Gasteiger partial charge in [-0.3, -0.25) is 4.98 Å². The highest BCUT2D eigenvalue weighted by atomic mass is 35.5. The van der Waals surface area contributed by atoms with Crippen LogP contribution < -0.4 is 0 Å². The molecule has 0 saturated heterocycles. The van der Waals surface area contributed by atoms with Gasteiger partial charge in [-0.2, -0.15) is 0 Å². The van der Waals surface area contributed by atoms with Gasteiger partial charge in [0, 0.05) is 12.4 Å². The van der Waals surface area contributed by atoms with Gasteiger partial charge in [-0.15, -0.1) is 0 Å². The van der Waals surface area contributed by atoms with Gasteiger partial charge >= 0.3 is 0 Å². The lowest BCUT2D eigenvalue weighted by Gasteiger charge is -2.11. The summed E-state index contributed by atoms with van der Waals surface area (Å²) in [6.45, 7) is 4.21. The van der Waals surface area contributed by atoms with Crippen molar-refractivity contribution in [1.29, 1.82) is 0 Å². The predicted octanol–water partition coefficient (Wildman–Crippen LogP) is 3.90. The third kappa shape index (κ3) is 1.90. The van der Waals surface area contributed by atoms with E-state index in [2.05, 4.69) is 18.8 Å². The molecular formula is C9H11Cl2N. The maximum absolute atomic E-state index is 5.96. The minimum atomic E-state index is 0.396. The Bertz CT molecular complexity index is 253. The zero-order chi connectivity index (χ0) is 9.14. The monoisotopic (exact) mass is 203 g/mol. The lowest BCUT2D eigenvalue weighted by atomic mass is 10.00. The van der Waals surface area contributed by atoms with Gasteiger partial charge in [0.1, 0.15) is 0 Å². The second kappa shape index (κ2) is 4.11. The first-order valence-electron chi connectivity index (χ1n) is 3.95. The van der Waals surface area contributed by atoms with E-state index in [1.54, 1.807) is 12.4 Å². The van der Waals surface area contributed by atoms with Crippen LogP contribution in [0, 0.1) is 0 Å². The second-order valence-electron chi connectivity index (χ2n) is 2.83. The number of aromatic nitrogens is 1. The SMILES string of the molecule is CCC(C)c1c(Cl)cncc1Cl. The average molecular weight is 204 g/mol. The van der Waals surface area contributed by atoms with Crippen molar-refractivity contribution in [3.05, 3.63) is 28.0 Å². The number of hydrogen-bond acceptors (Lipinski definition) is 1. The molecular weight excluding hydrogens is 193 g/mol. The smallest absolute Gasteiger partial charge is 0.0638 e. The lowest BCUT2D eigenvalue weighted by Crippen LogP contribution is -1.94. The van der Waals surface area contributed by atoms with Crippen molar-refractivity contribution in [2.45, 2.75) is 26.2 Å². The maximum atomic E-state index is 5.96. The molecule has 0 saturated carbocycles. The van der Waals surface area contributed by atoms with Crippen molar-refractivity contribution in [3.63, 3.8) is 0 Å². The Kier molecular flexibility index (Phi) is 3.36. The van der Waals surface area contributed by atoms with Crippen LogP contribution in [0.1, 0.15) is 31.7 Å². The normalized spacial score (nSPS) is 13.0. The summed E-state index contributed by atoms with van der Waals surface area (Å²) in [5.74, 6) is 0.396. The molecule has 0 bridgehead atoms. The minimum absolute atomic E-state index is 0.396. The molecule has 1 atom stereocenters. The highest BCUT2D eigenvalue weighted by Gasteiger charge is 2.11. The zero-order valence-corrected chi connectivity index (χ0v) is 8.65. The van der Waals surface area contributed by atoms with E-state index in [0.29, 0.717) is 16.0 Å². The molecule has 0 amide bonds. The Morgan fingerprint density at radius 3 is 2.25 bits per heavy atom. The fraction of sp³-hybridized carbons (Fsp3) is 0.444. The standard InChI is InChI=1S/C9H11Cl2N/c1-3-6(2)9-7(10)4-12-5-8(9)11/h4-6H,3H2,1-2H3. The summed E-state index contributed by atoms with van der Waals surface area (Å²) < 4.78 is 0. The molecule has 0 spiro atoms. The molecule has 1 rings (SSSR count). The molecule has 1 unspecified atom stereocenters. The van der Waals surface area contributed by atoms with Crippen molar-refractivity contribution in [1.82, 2.24) is 4.98 Å². The predicted molar refractivity (Wildman–Crippen MR) is 53.0 cm³/mol. The van der Waals surface area contributed by atoms with Crippen molar-refractivity contribution >= 4 is 23.2 Å². The largest absolute Gasteiger partial charge is 0.262 e. The van der Waals surface area contributed by atoms with Crippen LogP contribution in [0.5, 0.6) is 0 Å². The number of halogens is 2. The first kappa shape index (κ1) is 9.82. The Hall–Kier alpha value is -0.270. The topological polar surface area (TPSA) is 12.9 Å². The van der Waals surface area contributed by atoms with Gasteiger partial charge in [0.25, 0.3) is 0 Å². The fourth-order valence-corrected chi connectivity index (χ4v) is 1.83. The highest BCUT2D eigenvalue weighted by molar-refractivity contribution is 6.35. The summed E-state index contributed by atoms with van der Waals surface area (Å²) in [5, 5.41) is 1.33. The Labute approximate surface area is 82.7 Å². The Balaban J connectivity index is 3.12. The van der Waals surface area contributed by atoms with Crippen LogP contribution in [0.3, 0.4) is 0 Å². The molecule has 0 aliphatic heterocycles. The van der Waals surface area contributed by atoms with E-state index in [0.717, 1.165) is 12.0 Å². The molecule has 0 aliphatic rings. The molecule has 0 N–H and O–H groups in total. The van der Waals surface area contributed by atoms with E-state index in [-0.39, 0.29) is 0 Å². The summed E-state index contributed by atoms with van der Waals surface area (Å²) in [6.07, 6.45) is 4.30. The lowest BCUT2D eigenvalue weighted by molar-refractivity contribution is 0.732. The zero-order valence-electron chi connectivity index (χ0n) is 7.14. The Morgan fingerprint density at radius 2 is 1.83 bits per heavy atom. The van der Waals surface area contributed by atoms with Gasteiger partial charge in [0.2, 0.25) is 0 Å². The summed E-state index contributed by atoms with van der Waals surface area (Å²) in [5.41, 5.74) is 1.01. The summed E-state index contributed by atoms with van der Waals surface area (Å²) >= 11 is 11.9. The first-order valence-corrected chi connectivity index (χ1v) is 4.71. The third-order valence-electron chi connectivity index (χ3n) is 2.00. The molecule has 1 aromatic heterocycles. The summed E-state index contributed by atoms with van der Waals surface area (Å²) in [6, 6.07) is 0. The molecule has 1 nitrogen and oxygen atoms in total. The van der Waals surface area contributed by atoms with Gasteiger partial charge in [-0.1, -0.05) is 37.0 Å². The van der Waals surface area contributed by atoms with Crippen LogP contribution in [-0.4, -0.2) is 4.98 Å². The van der Waals surface area contributed by atoms with Crippen molar-refractivity contribution in [2.75, 3.05) is 0 Å². The minimum Gasteiger partial charge on any atom is -0.262 e. The molecule has 0 fully saturated rings. The van der Waals surface area contributed by atoms with Gasteiger partial charge < -0.3 is 0 Å². The molecule has 3 heteroatoms. The average Bonchev–Trinajstić information content (AvgIpc) is 2.03. The maximum Gasteiger partial charge on any atom is 0.0638 e. The molecule has 0 aromatic carbocycles. The summed E-state index contributed by atoms with van der Waals surface area (Å²) in [4.78, 5) is 3.90. The number of hydrogen-bond donors (Lipinski definition) is 0. The molecule has 1 aromatic rings. The van der Waals surface area contributed by atoms with Crippen LogP contribution in [0.15, 0.2) is 12.4 Å². The van der Waals surface area contributed by atoms with Crippen LogP contribution >= 0.6 is 23.2 Å². The quantitative estimate of drug-likeness (QED) is 0.711. The van der Waals surface area contributed by atoms with Crippen molar-refractivity contribution in [2.24, 2.45) is 0 Å². The van der Waals surface area contributed by atoms with Crippen molar-refractivity contribution in [3.8, 4) is 0 Å². The second-order valence-corrected chi connectivity index (χ2v) is 3.64. The summed E-state index contributed by atoms with van der Waals surface area (Å²) in [7, 11) is 0. The van der Waals surface area contributed by atoms with Crippen LogP contribution in [-0.2, 0) is 0 Å². The molecule has 12 heavy (non-hydrogen) atoms. The van der Waals surface area contributed by atoms with Gasteiger partial charge in [-0.25, -0.2) is 0 Å². The highest BCUT2D eigenvalue weighted by Crippen LogP contribution is 2.31. The van der Waals surface area contributed by atoms with Crippen molar-refractivity contribution < 1.29 is 0 Å². The van der Waals surface area contributed by atoms with Gasteiger partial charge in [0.05, 0.1) is 10.0 Å². The van der Waals surface area contributed by atoms with E-state index >= 15 is 0 Å². The number of nitrogens with zero attached hydrogens (tertiary/aromatic N) is 1. The number of pyridine rings is 1. The number of rotatable bonds is 2. The van der Waals surface area contributed by atoms with E-state index < -0.39 is 0 Å². The molecule has 1 heterocycles. The first-order chi connectivity index (χ1) is 5.66. The van der Waals surface area contributed by atoms with Gasteiger partial charge in [-0.05, 0) is 17.9 Å². The van der Waals surface area contributed by atoms with E-state index in [1.165, 1.54) is 0 Å². The van der Waals surface area contributed by atoms with Crippen LogP contribution in [0.25, 0.3) is 0 Å².